The lowest BCUT2D eigenvalue weighted by Crippen LogP contribution is -2.42. The molecule has 0 atom stereocenters. The molecule has 4 aromatic rings. The molecule has 1 aliphatic heterocycles. The molecule has 1 aromatic carbocycles. The van der Waals surface area contributed by atoms with E-state index >= 15 is 0 Å². The molecule has 5 rings (SSSR count). The third-order valence-corrected chi connectivity index (χ3v) is 6.54. The number of aromatic nitrogens is 1. The lowest BCUT2D eigenvalue weighted by Gasteiger charge is -2.30. The molecule has 0 unspecified atom stereocenters. The number of thiazole rings is 1. The first-order valence-electron chi connectivity index (χ1n) is 10.2. The molecule has 1 N–H and O–H groups in total. The van der Waals surface area contributed by atoms with Crippen LogP contribution in [0, 0.1) is 5.92 Å². The zero-order valence-electron chi connectivity index (χ0n) is 16.7. The highest BCUT2D eigenvalue weighted by Crippen LogP contribution is 2.31. The van der Waals surface area contributed by atoms with E-state index in [0.29, 0.717) is 44.0 Å². The Bertz CT molecular complexity index is 1170. The van der Waals surface area contributed by atoms with Crippen molar-refractivity contribution in [3.05, 3.63) is 66.3 Å². The van der Waals surface area contributed by atoms with E-state index in [9.17, 15) is 9.59 Å². The van der Waals surface area contributed by atoms with Crippen LogP contribution < -0.4 is 5.32 Å². The van der Waals surface area contributed by atoms with Gasteiger partial charge in [0.15, 0.2) is 16.5 Å². The lowest BCUT2D eigenvalue weighted by molar-refractivity contribution is -0.126. The highest BCUT2D eigenvalue weighted by molar-refractivity contribution is 7.21. The second-order valence-corrected chi connectivity index (χ2v) is 8.54. The molecule has 0 radical (unpaired) electrons. The van der Waals surface area contributed by atoms with Crippen LogP contribution in [-0.2, 0) is 11.3 Å². The Hall–Kier alpha value is -3.39. The van der Waals surface area contributed by atoms with Gasteiger partial charge in [-0.05, 0) is 49.2 Å². The van der Waals surface area contributed by atoms with E-state index in [1.165, 1.54) is 11.3 Å². The van der Waals surface area contributed by atoms with Crippen molar-refractivity contribution in [3.8, 4) is 10.8 Å². The van der Waals surface area contributed by atoms with Crippen molar-refractivity contribution in [1.82, 2.24) is 15.2 Å². The summed E-state index contributed by atoms with van der Waals surface area (Å²) in [5.74, 6) is 1.37. The zero-order valence-corrected chi connectivity index (χ0v) is 17.6. The summed E-state index contributed by atoms with van der Waals surface area (Å²) < 4.78 is 12.2. The molecule has 2 amide bonds. The summed E-state index contributed by atoms with van der Waals surface area (Å²) in [4.78, 5) is 31.6. The molecular formula is C23H21N3O4S. The number of para-hydroxylation sites is 1. The van der Waals surface area contributed by atoms with E-state index in [1.54, 1.807) is 29.4 Å². The van der Waals surface area contributed by atoms with Gasteiger partial charge in [-0.25, -0.2) is 4.98 Å². The molecule has 4 heterocycles. The normalized spacial score (nSPS) is 14.8. The molecular weight excluding hydrogens is 414 g/mol. The van der Waals surface area contributed by atoms with Crippen LogP contribution in [0.4, 0.5) is 0 Å². The van der Waals surface area contributed by atoms with E-state index in [4.69, 9.17) is 8.83 Å². The Morgan fingerprint density at radius 1 is 1.10 bits per heavy atom. The molecule has 8 heteroatoms. The number of hydrogen-bond donors (Lipinski definition) is 1. The molecule has 1 aliphatic rings. The number of carbonyl (C=O) groups excluding carboxylic acids is 2. The van der Waals surface area contributed by atoms with E-state index in [1.807, 2.05) is 30.3 Å². The number of nitrogens with zero attached hydrogens (tertiary/aromatic N) is 2. The molecule has 0 spiro atoms. The number of fused-ring (bicyclic) bond motifs is 1. The minimum atomic E-state index is -0.151. The van der Waals surface area contributed by atoms with Gasteiger partial charge < -0.3 is 19.1 Å². The molecule has 3 aromatic heterocycles. The van der Waals surface area contributed by atoms with Gasteiger partial charge in [0.25, 0.3) is 5.91 Å². The van der Waals surface area contributed by atoms with Crippen molar-refractivity contribution in [2.24, 2.45) is 5.92 Å². The summed E-state index contributed by atoms with van der Waals surface area (Å²) in [6.07, 6.45) is 2.84. The molecule has 158 valence electrons. The van der Waals surface area contributed by atoms with Gasteiger partial charge in [-0.1, -0.05) is 12.1 Å². The average Bonchev–Trinajstić information content (AvgIpc) is 3.57. The third kappa shape index (κ3) is 4.11. The quantitative estimate of drug-likeness (QED) is 0.504. The van der Waals surface area contributed by atoms with E-state index < -0.39 is 0 Å². The van der Waals surface area contributed by atoms with Gasteiger partial charge in [-0.2, -0.15) is 0 Å². The maximum atomic E-state index is 12.9. The molecule has 0 bridgehead atoms. The number of nitrogens with one attached hydrogen (secondary N) is 1. The van der Waals surface area contributed by atoms with Crippen LogP contribution in [0.25, 0.3) is 21.0 Å². The molecule has 31 heavy (non-hydrogen) atoms. The summed E-state index contributed by atoms with van der Waals surface area (Å²) in [6, 6.07) is 15.0. The Labute approximate surface area is 182 Å². The van der Waals surface area contributed by atoms with Gasteiger partial charge in [-0.3, -0.25) is 9.59 Å². The summed E-state index contributed by atoms with van der Waals surface area (Å²) in [7, 11) is 0. The number of amides is 2. The van der Waals surface area contributed by atoms with Crippen LogP contribution in [0.15, 0.2) is 63.6 Å². The van der Waals surface area contributed by atoms with E-state index in [0.717, 1.165) is 21.0 Å². The zero-order chi connectivity index (χ0) is 21.2. The fourth-order valence-electron chi connectivity index (χ4n) is 3.78. The van der Waals surface area contributed by atoms with E-state index in [-0.39, 0.29) is 17.7 Å². The highest BCUT2D eigenvalue weighted by Gasteiger charge is 2.29. The molecule has 1 saturated heterocycles. The number of hydrogen-bond acceptors (Lipinski definition) is 6. The first-order chi connectivity index (χ1) is 15.2. The fourth-order valence-corrected chi connectivity index (χ4v) is 4.71. The standard InChI is InChI=1S/C23H21N3O4S/c27-21(24-14-16-4-3-13-29-16)15-9-11-26(12-10-15)23(28)19-8-7-18(30-19)22-25-17-5-1-2-6-20(17)31-22/h1-8,13,15H,9-12,14H2,(H,24,27). The molecule has 7 nitrogen and oxygen atoms in total. The van der Waals surface area contributed by atoms with Crippen LogP contribution >= 0.6 is 11.3 Å². The lowest BCUT2D eigenvalue weighted by atomic mass is 9.95. The predicted octanol–water partition coefficient (Wildman–Crippen LogP) is 4.32. The van der Waals surface area contributed by atoms with Crippen LogP contribution in [0.1, 0.15) is 29.2 Å². The molecule has 1 fully saturated rings. The van der Waals surface area contributed by atoms with E-state index in [2.05, 4.69) is 10.3 Å². The number of piperidine rings is 1. The number of furan rings is 2. The van der Waals surface area contributed by atoms with Gasteiger partial charge in [0.2, 0.25) is 5.91 Å². The number of benzene rings is 1. The second-order valence-electron chi connectivity index (χ2n) is 7.51. The molecule has 0 aliphatic carbocycles. The topological polar surface area (TPSA) is 88.6 Å². The smallest absolute Gasteiger partial charge is 0.289 e. The maximum absolute atomic E-state index is 12.9. The largest absolute Gasteiger partial charge is 0.467 e. The van der Waals surface area contributed by atoms with Gasteiger partial charge in [-0.15, -0.1) is 11.3 Å². The van der Waals surface area contributed by atoms with Crippen molar-refractivity contribution >= 4 is 33.4 Å². The second kappa shape index (κ2) is 8.39. The summed E-state index contributed by atoms with van der Waals surface area (Å²) in [5.41, 5.74) is 0.916. The average molecular weight is 436 g/mol. The van der Waals surface area contributed by atoms with Crippen molar-refractivity contribution in [2.75, 3.05) is 13.1 Å². The third-order valence-electron chi connectivity index (χ3n) is 5.49. The predicted molar refractivity (Wildman–Crippen MR) is 117 cm³/mol. The van der Waals surface area contributed by atoms with Gasteiger partial charge >= 0.3 is 0 Å². The summed E-state index contributed by atoms with van der Waals surface area (Å²) in [6.45, 7) is 1.43. The fraction of sp³-hybridized carbons (Fsp3) is 0.261. The van der Waals surface area contributed by atoms with Crippen LogP contribution in [-0.4, -0.2) is 34.8 Å². The number of likely N-dealkylation sites (tertiary alicyclic amines) is 1. The minimum Gasteiger partial charge on any atom is -0.467 e. The van der Waals surface area contributed by atoms with Crippen molar-refractivity contribution in [1.29, 1.82) is 0 Å². The Kier molecular flexibility index (Phi) is 5.30. The van der Waals surface area contributed by atoms with Crippen LogP contribution in [0.5, 0.6) is 0 Å². The van der Waals surface area contributed by atoms with Gasteiger partial charge in [0.1, 0.15) is 5.76 Å². The monoisotopic (exact) mass is 435 g/mol. The van der Waals surface area contributed by atoms with Gasteiger partial charge in [0.05, 0.1) is 23.0 Å². The summed E-state index contributed by atoms with van der Waals surface area (Å²) >= 11 is 1.54. The first-order valence-corrected chi connectivity index (χ1v) is 11.0. The van der Waals surface area contributed by atoms with Crippen molar-refractivity contribution in [3.63, 3.8) is 0 Å². The number of carbonyl (C=O) groups is 2. The highest BCUT2D eigenvalue weighted by atomic mass is 32.1. The molecule has 0 saturated carbocycles. The van der Waals surface area contributed by atoms with Crippen LogP contribution in [0.2, 0.25) is 0 Å². The first kappa shape index (κ1) is 19.6. The van der Waals surface area contributed by atoms with Crippen molar-refractivity contribution < 1.29 is 18.4 Å². The maximum Gasteiger partial charge on any atom is 0.289 e. The SMILES string of the molecule is O=C(NCc1ccco1)C1CCN(C(=O)c2ccc(-c3nc4ccccc4s3)o2)CC1. The van der Waals surface area contributed by atoms with Crippen molar-refractivity contribution in [2.45, 2.75) is 19.4 Å². The Morgan fingerprint density at radius 3 is 2.71 bits per heavy atom. The Balaban J connectivity index is 1.18. The summed E-state index contributed by atoms with van der Waals surface area (Å²) in [5, 5.41) is 3.66. The minimum absolute atomic E-state index is 0.000352. The van der Waals surface area contributed by atoms with Gasteiger partial charge in [0, 0.05) is 19.0 Å². The van der Waals surface area contributed by atoms with Crippen LogP contribution in [0.3, 0.4) is 0 Å². The Morgan fingerprint density at radius 2 is 1.94 bits per heavy atom. The number of rotatable bonds is 5.